The van der Waals surface area contributed by atoms with E-state index in [1.54, 1.807) is 6.07 Å². The Morgan fingerprint density at radius 2 is 2.27 bits per heavy atom. The van der Waals surface area contributed by atoms with Gasteiger partial charge in [-0.15, -0.1) is 0 Å². The van der Waals surface area contributed by atoms with Crippen LogP contribution in [0.2, 0.25) is 0 Å². The Morgan fingerprint density at radius 1 is 1.53 bits per heavy atom. The molecule has 0 amide bonds. The standard InChI is InChI=1S/C10H14N2O3/c1-7(2)5-15-9-3-8(4-10(13)14)11-6-12-9/h3,6-7H,4-5H2,1-2H3,(H,13,14). The third-order valence-corrected chi connectivity index (χ3v) is 1.60. The quantitative estimate of drug-likeness (QED) is 0.788. The van der Waals surface area contributed by atoms with Crippen LogP contribution in [0.4, 0.5) is 0 Å². The second kappa shape index (κ2) is 5.29. The molecule has 82 valence electrons. The lowest BCUT2D eigenvalue weighted by molar-refractivity contribution is -0.136. The SMILES string of the molecule is CC(C)COc1cc(CC(=O)O)ncn1. The van der Waals surface area contributed by atoms with Crippen LogP contribution in [0.3, 0.4) is 0 Å². The Labute approximate surface area is 88.1 Å². The van der Waals surface area contributed by atoms with Crippen LogP contribution in [0, 0.1) is 5.92 Å². The van der Waals surface area contributed by atoms with E-state index in [-0.39, 0.29) is 6.42 Å². The molecule has 0 saturated carbocycles. The van der Waals surface area contributed by atoms with Crippen molar-refractivity contribution in [1.29, 1.82) is 0 Å². The van der Waals surface area contributed by atoms with E-state index < -0.39 is 5.97 Å². The summed E-state index contributed by atoms with van der Waals surface area (Å²) in [5.74, 6) is -0.0821. The van der Waals surface area contributed by atoms with Gasteiger partial charge in [0.25, 0.3) is 0 Å². The van der Waals surface area contributed by atoms with Gasteiger partial charge in [0.15, 0.2) is 0 Å². The van der Waals surface area contributed by atoms with Gasteiger partial charge in [-0.05, 0) is 5.92 Å². The fourth-order valence-corrected chi connectivity index (χ4v) is 0.960. The second-order valence-electron chi connectivity index (χ2n) is 3.62. The van der Waals surface area contributed by atoms with Gasteiger partial charge in [-0.3, -0.25) is 4.79 Å². The van der Waals surface area contributed by atoms with Crippen LogP contribution in [-0.2, 0) is 11.2 Å². The van der Waals surface area contributed by atoms with Crippen molar-refractivity contribution >= 4 is 5.97 Å². The van der Waals surface area contributed by atoms with Crippen molar-refractivity contribution in [3.63, 3.8) is 0 Å². The van der Waals surface area contributed by atoms with Crippen molar-refractivity contribution in [2.75, 3.05) is 6.61 Å². The molecular weight excluding hydrogens is 196 g/mol. The number of aromatic nitrogens is 2. The minimum Gasteiger partial charge on any atom is -0.481 e. The average Bonchev–Trinajstić information content (AvgIpc) is 2.14. The summed E-state index contributed by atoms with van der Waals surface area (Å²) in [4.78, 5) is 18.2. The van der Waals surface area contributed by atoms with E-state index >= 15 is 0 Å². The molecule has 0 aliphatic heterocycles. The number of carboxylic acid groups (broad SMARTS) is 1. The summed E-state index contributed by atoms with van der Waals surface area (Å²) in [6.07, 6.45) is 1.20. The third kappa shape index (κ3) is 4.39. The summed E-state index contributed by atoms with van der Waals surface area (Å²) in [6, 6.07) is 1.55. The molecule has 0 unspecified atom stereocenters. The van der Waals surface area contributed by atoms with Gasteiger partial charge in [-0.1, -0.05) is 13.8 Å². The van der Waals surface area contributed by atoms with Crippen molar-refractivity contribution in [2.45, 2.75) is 20.3 Å². The maximum Gasteiger partial charge on any atom is 0.309 e. The van der Waals surface area contributed by atoms with Gasteiger partial charge in [-0.2, -0.15) is 0 Å². The summed E-state index contributed by atoms with van der Waals surface area (Å²) in [5, 5.41) is 8.57. The number of carboxylic acids is 1. The number of nitrogens with zero attached hydrogens (tertiary/aromatic N) is 2. The fourth-order valence-electron chi connectivity index (χ4n) is 0.960. The monoisotopic (exact) mass is 210 g/mol. The molecular formula is C10H14N2O3. The Kier molecular flexibility index (Phi) is 4.03. The first kappa shape index (κ1) is 11.4. The van der Waals surface area contributed by atoms with Gasteiger partial charge in [0.05, 0.1) is 18.7 Å². The molecule has 5 nitrogen and oxygen atoms in total. The minimum atomic E-state index is -0.913. The zero-order valence-electron chi connectivity index (χ0n) is 8.80. The van der Waals surface area contributed by atoms with Crippen molar-refractivity contribution in [1.82, 2.24) is 9.97 Å². The Hall–Kier alpha value is -1.65. The van der Waals surface area contributed by atoms with Gasteiger partial charge in [0.2, 0.25) is 5.88 Å². The summed E-state index contributed by atoms with van der Waals surface area (Å²) < 4.78 is 5.35. The zero-order valence-corrected chi connectivity index (χ0v) is 8.80. The van der Waals surface area contributed by atoms with Crippen LogP contribution >= 0.6 is 0 Å². The maximum atomic E-state index is 10.4. The van der Waals surface area contributed by atoms with Crippen LogP contribution in [0.5, 0.6) is 5.88 Å². The average molecular weight is 210 g/mol. The van der Waals surface area contributed by atoms with Crippen LogP contribution < -0.4 is 4.74 Å². The summed E-state index contributed by atoms with van der Waals surface area (Å²) in [7, 11) is 0. The molecule has 1 aromatic heterocycles. The van der Waals surface area contributed by atoms with E-state index in [0.29, 0.717) is 24.1 Å². The van der Waals surface area contributed by atoms with Crippen molar-refractivity contribution in [3.8, 4) is 5.88 Å². The number of hydrogen-bond donors (Lipinski definition) is 1. The van der Waals surface area contributed by atoms with E-state index in [0.717, 1.165) is 0 Å². The minimum absolute atomic E-state index is 0.111. The largest absolute Gasteiger partial charge is 0.481 e. The molecule has 0 radical (unpaired) electrons. The molecule has 0 saturated heterocycles. The van der Waals surface area contributed by atoms with Gasteiger partial charge in [0.1, 0.15) is 6.33 Å². The lowest BCUT2D eigenvalue weighted by Crippen LogP contribution is -2.07. The Bertz CT molecular complexity index is 339. The molecule has 1 aromatic rings. The lowest BCUT2D eigenvalue weighted by Gasteiger charge is -2.07. The molecule has 0 bridgehead atoms. The van der Waals surface area contributed by atoms with Gasteiger partial charge < -0.3 is 9.84 Å². The molecule has 0 atom stereocenters. The predicted octanol–water partition coefficient (Wildman–Crippen LogP) is 1.14. The molecule has 0 spiro atoms. The van der Waals surface area contributed by atoms with E-state index in [1.807, 2.05) is 13.8 Å². The third-order valence-electron chi connectivity index (χ3n) is 1.60. The highest BCUT2D eigenvalue weighted by molar-refractivity contribution is 5.69. The number of ether oxygens (including phenoxy) is 1. The second-order valence-corrected chi connectivity index (χ2v) is 3.62. The van der Waals surface area contributed by atoms with E-state index in [2.05, 4.69) is 9.97 Å². The summed E-state index contributed by atoms with van der Waals surface area (Å²) in [6.45, 7) is 4.61. The van der Waals surface area contributed by atoms with Gasteiger partial charge in [-0.25, -0.2) is 9.97 Å². The molecule has 1 heterocycles. The van der Waals surface area contributed by atoms with E-state index in [4.69, 9.17) is 9.84 Å². The zero-order chi connectivity index (χ0) is 11.3. The van der Waals surface area contributed by atoms with Crippen molar-refractivity contribution < 1.29 is 14.6 Å². The van der Waals surface area contributed by atoms with Crippen LogP contribution in [0.15, 0.2) is 12.4 Å². The van der Waals surface area contributed by atoms with Crippen molar-refractivity contribution in [3.05, 3.63) is 18.1 Å². The first-order valence-corrected chi connectivity index (χ1v) is 4.73. The Morgan fingerprint density at radius 3 is 2.87 bits per heavy atom. The van der Waals surface area contributed by atoms with Gasteiger partial charge in [0, 0.05) is 6.07 Å². The lowest BCUT2D eigenvalue weighted by atomic mass is 10.2. The smallest absolute Gasteiger partial charge is 0.309 e. The van der Waals surface area contributed by atoms with Crippen LogP contribution in [0.25, 0.3) is 0 Å². The predicted molar refractivity (Wildman–Crippen MR) is 53.7 cm³/mol. The molecule has 1 N–H and O–H groups in total. The van der Waals surface area contributed by atoms with Crippen LogP contribution in [-0.4, -0.2) is 27.7 Å². The molecule has 1 rings (SSSR count). The molecule has 5 heteroatoms. The number of hydrogen-bond acceptors (Lipinski definition) is 4. The first-order chi connectivity index (χ1) is 7.08. The molecule has 15 heavy (non-hydrogen) atoms. The highest BCUT2D eigenvalue weighted by Crippen LogP contribution is 2.08. The van der Waals surface area contributed by atoms with Crippen LogP contribution in [0.1, 0.15) is 19.5 Å². The number of aliphatic carboxylic acids is 1. The normalized spacial score (nSPS) is 10.3. The van der Waals surface area contributed by atoms with Crippen molar-refractivity contribution in [2.24, 2.45) is 5.92 Å². The summed E-state index contributed by atoms with van der Waals surface area (Å²) in [5.41, 5.74) is 0.455. The maximum absolute atomic E-state index is 10.4. The highest BCUT2D eigenvalue weighted by atomic mass is 16.5. The summed E-state index contributed by atoms with van der Waals surface area (Å²) >= 11 is 0. The van der Waals surface area contributed by atoms with Gasteiger partial charge >= 0.3 is 5.97 Å². The number of rotatable bonds is 5. The van der Waals surface area contributed by atoms with E-state index in [1.165, 1.54) is 6.33 Å². The molecule has 0 aromatic carbocycles. The number of carbonyl (C=O) groups is 1. The first-order valence-electron chi connectivity index (χ1n) is 4.73. The topological polar surface area (TPSA) is 72.3 Å². The highest BCUT2D eigenvalue weighted by Gasteiger charge is 2.04. The molecule has 0 aliphatic rings. The van der Waals surface area contributed by atoms with E-state index in [9.17, 15) is 4.79 Å². The molecule has 0 fully saturated rings. The molecule has 0 aliphatic carbocycles. The fraction of sp³-hybridized carbons (Fsp3) is 0.500. The Balaban J connectivity index is 2.61.